The smallest absolute Gasteiger partial charge is 0.200 e. The number of nitrogens with zero attached hydrogens (tertiary/aromatic N) is 5. The largest absolute Gasteiger partial charge is 0.362 e. The summed E-state index contributed by atoms with van der Waals surface area (Å²) in [4.78, 5) is 0. The van der Waals surface area contributed by atoms with Crippen molar-refractivity contribution in [3.05, 3.63) is 47.5 Å². The van der Waals surface area contributed by atoms with Crippen LogP contribution >= 0.6 is 0 Å². The molecule has 0 saturated heterocycles. The quantitative estimate of drug-likeness (QED) is 0.737. The summed E-state index contributed by atoms with van der Waals surface area (Å²) in [6.45, 7) is 4.68. The highest BCUT2D eigenvalue weighted by Gasteiger charge is 2.29. The molecule has 1 aliphatic carbocycles. The maximum absolute atomic E-state index is 4.45. The molecule has 0 spiro atoms. The molecular formula is C17H20N6. The first-order valence-corrected chi connectivity index (χ1v) is 8.01. The number of nitrogens with one attached hydrogen (secondary N) is 1. The molecule has 2 heterocycles. The van der Waals surface area contributed by atoms with Gasteiger partial charge < -0.3 is 5.32 Å². The highest BCUT2D eigenvalue weighted by molar-refractivity contribution is 5.45. The molecule has 1 aromatic carbocycles. The zero-order valence-corrected chi connectivity index (χ0v) is 13.4. The fourth-order valence-electron chi connectivity index (χ4n) is 3.37. The Morgan fingerprint density at radius 3 is 2.96 bits per heavy atom. The molecule has 0 saturated carbocycles. The summed E-state index contributed by atoms with van der Waals surface area (Å²) >= 11 is 0. The minimum Gasteiger partial charge on any atom is -0.362 e. The summed E-state index contributed by atoms with van der Waals surface area (Å²) in [5.41, 5.74) is 3.74. The van der Waals surface area contributed by atoms with Crippen LogP contribution in [0, 0.1) is 5.41 Å². The molecule has 0 fully saturated rings. The maximum atomic E-state index is 4.45. The number of hydrogen-bond acceptors (Lipinski definition) is 5. The molecule has 23 heavy (non-hydrogen) atoms. The molecule has 6 nitrogen and oxygen atoms in total. The molecule has 0 amide bonds. The third kappa shape index (κ3) is 2.76. The van der Waals surface area contributed by atoms with E-state index < -0.39 is 0 Å². The number of rotatable bonds is 2. The van der Waals surface area contributed by atoms with E-state index in [4.69, 9.17) is 0 Å². The van der Waals surface area contributed by atoms with Gasteiger partial charge in [-0.25, -0.2) is 0 Å². The van der Waals surface area contributed by atoms with Crippen LogP contribution in [0.2, 0.25) is 0 Å². The Morgan fingerprint density at radius 2 is 2.04 bits per heavy atom. The fourth-order valence-corrected chi connectivity index (χ4v) is 3.37. The van der Waals surface area contributed by atoms with Gasteiger partial charge in [-0.15, -0.1) is 14.8 Å². The maximum Gasteiger partial charge on any atom is 0.200 e. The second-order valence-corrected chi connectivity index (χ2v) is 7.01. The Labute approximate surface area is 134 Å². The topological polar surface area (TPSA) is 68.0 Å². The SMILES string of the molecule is CC1(C)CCc2ccccc2[C@@H](Nc2ccc3nnnn3n2)C1. The minimum absolute atomic E-state index is 0.241. The second-order valence-electron chi connectivity index (χ2n) is 7.01. The van der Waals surface area contributed by atoms with Crippen LogP contribution in [0.5, 0.6) is 0 Å². The monoisotopic (exact) mass is 308 g/mol. The Bertz CT molecular complexity index is 838. The van der Waals surface area contributed by atoms with Crippen LogP contribution in [0.25, 0.3) is 5.65 Å². The van der Waals surface area contributed by atoms with Gasteiger partial charge in [0.15, 0.2) is 5.65 Å². The zero-order valence-electron chi connectivity index (χ0n) is 13.4. The summed E-state index contributed by atoms with van der Waals surface area (Å²) in [5.74, 6) is 0.794. The van der Waals surface area contributed by atoms with Gasteiger partial charge in [0.1, 0.15) is 5.82 Å². The molecular weight excluding hydrogens is 288 g/mol. The minimum atomic E-state index is 0.241. The van der Waals surface area contributed by atoms with Crippen molar-refractivity contribution in [1.82, 2.24) is 25.3 Å². The molecule has 1 atom stereocenters. The Kier molecular flexibility index (Phi) is 3.25. The van der Waals surface area contributed by atoms with Crippen LogP contribution in [0.3, 0.4) is 0 Å². The summed E-state index contributed by atoms with van der Waals surface area (Å²) in [5, 5.41) is 19.4. The number of aromatic nitrogens is 5. The van der Waals surface area contributed by atoms with Gasteiger partial charge in [0.05, 0.1) is 6.04 Å². The number of hydrogen-bond donors (Lipinski definition) is 1. The van der Waals surface area contributed by atoms with Crippen LogP contribution in [-0.4, -0.2) is 25.3 Å². The van der Waals surface area contributed by atoms with E-state index in [2.05, 4.69) is 64.1 Å². The van der Waals surface area contributed by atoms with Crippen molar-refractivity contribution in [1.29, 1.82) is 0 Å². The number of fused-ring (bicyclic) bond motifs is 2. The third-order valence-corrected chi connectivity index (χ3v) is 4.65. The molecule has 4 rings (SSSR count). The lowest BCUT2D eigenvalue weighted by atomic mass is 9.83. The molecule has 118 valence electrons. The summed E-state index contributed by atoms with van der Waals surface area (Å²) in [7, 11) is 0. The van der Waals surface area contributed by atoms with Gasteiger partial charge in [-0.1, -0.05) is 38.1 Å². The molecule has 0 bridgehead atoms. The summed E-state index contributed by atoms with van der Waals surface area (Å²) in [6.07, 6.45) is 3.39. The number of benzene rings is 1. The number of tetrazole rings is 1. The number of aryl methyl sites for hydroxylation is 1. The molecule has 0 unspecified atom stereocenters. The van der Waals surface area contributed by atoms with E-state index in [1.165, 1.54) is 22.2 Å². The fraction of sp³-hybridized carbons (Fsp3) is 0.412. The van der Waals surface area contributed by atoms with Crippen LogP contribution < -0.4 is 5.32 Å². The predicted molar refractivity (Wildman–Crippen MR) is 88.1 cm³/mol. The van der Waals surface area contributed by atoms with Crippen molar-refractivity contribution in [3.63, 3.8) is 0 Å². The molecule has 6 heteroatoms. The predicted octanol–water partition coefficient (Wildman–Crippen LogP) is 3.04. The molecule has 1 N–H and O–H groups in total. The van der Waals surface area contributed by atoms with Crippen LogP contribution in [0.15, 0.2) is 36.4 Å². The molecule has 1 aliphatic rings. The van der Waals surface area contributed by atoms with Crippen LogP contribution in [0.4, 0.5) is 5.82 Å². The molecule has 2 aromatic heterocycles. The van der Waals surface area contributed by atoms with E-state index in [1.54, 1.807) is 0 Å². The van der Waals surface area contributed by atoms with E-state index >= 15 is 0 Å². The number of anilines is 1. The van der Waals surface area contributed by atoms with E-state index in [-0.39, 0.29) is 11.5 Å². The lowest BCUT2D eigenvalue weighted by molar-refractivity contribution is 0.300. The van der Waals surface area contributed by atoms with Crippen molar-refractivity contribution in [2.75, 3.05) is 5.32 Å². The van der Waals surface area contributed by atoms with Gasteiger partial charge >= 0.3 is 0 Å². The first-order valence-electron chi connectivity index (χ1n) is 8.01. The standard InChI is InChI=1S/C17H20N6/c1-17(2)10-9-12-5-3-4-6-13(12)14(11-17)18-15-7-8-16-19-21-22-23(16)20-15/h3-8,14H,9-11H2,1-2H3,(H,18,20)/t14-/m0/s1. The second kappa shape index (κ2) is 5.30. The van der Waals surface area contributed by atoms with Gasteiger partial charge in [-0.2, -0.15) is 0 Å². The van der Waals surface area contributed by atoms with E-state index in [1.807, 2.05) is 12.1 Å². The van der Waals surface area contributed by atoms with Crippen molar-refractivity contribution in [3.8, 4) is 0 Å². The van der Waals surface area contributed by atoms with Gasteiger partial charge in [-0.3, -0.25) is 0 Å². The van der Waals surface area contributed by atoms with E-state index in [0.717, 1.165) is 18.7 Å². The van der Waals surface area contributed by atoms with Gasteiger partial charge in [0.25, 0.3) is 0 Å². The van der Waals surface area contributed by atoms with Gasteiger partial charge in [0, 0.05) is 0 Å². The zero-order chi connectivity index (χ0) is 15.9. The normalized spacial score (nSPS) is 20.0. The van der Waals surface area contributed by atoms with Crippen LogP contribution in [0.1, 0.15) is 43.9 Å². The van der Waals surface area contributed by atoms with E-state index in [9.17, 15) is 0 Å². The lowest BCUT2D eigenvalue weighted by Gasteiger charge is -2.28. The van der Waals surface area contributed by atoms with Gasteiger partial charge in [0.2, 0.25) is 0 Å². The molecule has 0 radical (unpaired) electrons. The third-order valence-electron chi connectivity index (χ3n) is 4.65. The average Bonchev–Trinajstić information content (AvgIpc) is 2.95. The van der Waals surface area contributed by atoms with Crippen molar-refractivity contribution >= 4 is 11.5 Å². The van der Waals surface area contributed by atoms with Crippen molar-refractivity contribution < 1.29 is 0 Å². The Hall–Kier alpha value is -2.50. The van der Waals surface area contributed by atoms with Crippen molar-refractivity contribution in [2.24, 2.45) is 5.41 Å². The van der Waals surface area contributed by atoms with E-state index in [0.29, 0.717) is 5.65 Å². The summed E-state index contributed by atoms with van der Waals surface area (Å²) < 4.78 is 1.45. The van der Waals surface area contributed by atoms with Crippen molar-refractivity contribution in [2.45, 2.75) is 39.2 Å². The summed E-state index contributed by atoms with van der Waals surface area (Å²) in [6, 6.07) is 12.8. The highest BCUT2D eigenvalue weighted by Crippen LogP contribution is 2.40. The first-order chi connectivity index (χ1) is 11.1. The Morgan fingerprint density at radius 1 is 1.17 bits per heavy atom. The Balaban J connectivity index is 1.70. The first kappa shape index (κ1) is 14.1. The highest BCUT2D eigenvalue weighted by atomic mass is 15.6. The molecule has 0 aliphatic heterocycles. The lowest BCUT2D eigenvalue weighted by Crippen LogP contribution is -2.20. The average molecular weight is 308 g/mol. The van der Waals surface area contributed by atoms with Crippen LogP contribution in [-0.2, 0) is 6.42 Å². The van der Waals surface area contributed by atoms with Gasteiger partial charge in [-0.05, 0) is 58.4 Å². The molecule has 3 aromatic rings.